The zero-order valence-corrected chi connectivity index (χ0v) is 10.7. The number of phenolic OH excluding ortho intramolecular Hbond substituents is 1. The molecule has 0 spiro atoms. The summed E-state index contributed by atoms with van der Waals surface area (Å²) < 4.78 is 0. The number of hydrogen-bond acceptors (Lipinski definition) is 3. The highest BCUT2D eigenvalue weighted by molar-refractivity contribution is 5.97. The second-order valence-electron chi connectivity index (χ2n) is 4.84. The largest absolute Gasteiger partial charge is 0.507 e. The van der Waals surface area contributed by atoms with Gasteiger partial charge in [-0.3, -0.25) is 9.59 Å². The lowest BCUT2D eigenvalue weighted by Crippen LogP contribution is -2.38. The highest BCUT2D eigenvalue weighted by Crippen LogP contribution is 2.21. The number of benzene rings is 1. The molecular weight excluding hydrogens is 234 g/mol. The predicted molar refractivity (Wildman–Crippen MR) is 66.6 cm³/mol. The minimum atomic E-state index is -1.05. The number of amides is 1. The smallest absolute Gasteiger partial charge is 0.310 e. The van der Waals surface area contributed by atoms with E-state index in [9.17, 15) is 14.7 Å². The van der Waals surface area contributed by atoms with E-state index < -0.39 is 17.3 Å². The van der Waals surface area contributed by atoms with Crippen molar-refractivity contribution in [2.24, 2.45) is 5.41 Å². The molecule has 5 heteroatoms. The average molecular weight is 251 g/mol. The van der Waals surface area contributed by atoms with Gasteiger partial charge < -0.3 is 15.5 Å². The second-order valence-corrected chi connectivity index (χ2v) is 4.84. The monoisotopic (exact) mass is 251 g/mol. The number of aryl methyl sites for hydroxylation is 1. The molecule has 18 heavy (non-hydrogen) atoms. The summed E-state index contributed by atoms with van der Waals surface area (Å²) in [5.41, 5.74) is -0.300. The Labute approximate surface area is 105 Å². The fraction of sp³-hybridized carbons (Fsp3) is 0.385. The molecule has 0 unspecified atom stereocenters. The maximum atomic E-state index is 11.8. The van der Waals surface area contributed by atoms with Crippen LogP contribution in [0.4, 0.5) is 0 Å². The van der Waals surface area contributed by atoms with Gasteiger partial charge in [0, 0.05) is 6.54 Å². The van der Waals surface area contributed by atoms with Gasteiger partial charge in [0.25, 0.3) is 5.91 Å². The fourth-order valence-electron chi connectivity index (χ4n) is 1.31. The van der Waals surface area contributed by atoms with Crippen LogP contribution in [0.3, 0.4) is 0 Å². The van der Waals surface area contributed by atoms with Crippen molar-refractivity contribution in [2.75, 3.05) is 6.54 Å². The molecule has 1 aromatic rings. The number of aliphatic carboxylic acids is 1. The lowest BCUT2D eigenvalue weighted by molar-refractivity contribution is -0.146. The minimum Gasteiger partial charge on any atom is -0.507 e. The Morgan fingerprint density at radius 2 is 1.94 bits per heavy atom. The molecule has 0 radical (unpaired) electrons. The topological polar surface area (TPSA) is 86.6 Å². The van der Waals surface area contributed by atoms with Crippen LogP contribution >= 0.6 is 0 Å². The summed E-state index contributed by atoms with van der Waals surface area (Å²) in [7, 11) is 0. The second kappa shape index (κ2) is 5.08. The lowest BCUT2D eigenvalue weighted by atomic mass is 9.94. The van der Waals surface area contributed by atoms with E-state index in [0.717, 1.165) is 0 Å². The minimum absolute atomic E-state index is 0.00541. The first-order valence-electron chi connectivity index (χ1n) is 5.56. The summed E-state index contributed by atoms with van der Waals surface area (Å²) in [5.74, 6) is -1.55. The third-order valence-corrected chi connectivity index (χ3v) is 2.75. The van der Waals surface area contributed by atoms with Gasteiger partial charge in [-0.1, -0.05) is 12.1 Å². The first kappa shape index (κ1) is 14.0. The Morgan fingerprint density at radius 3 is 2.50 bits per heavy atom. The molecule has 0 atom stereocenters. The Morgan fingerprint density at radius 1 is 1.33 bits per heavy atom. The van der Waals surface area contributed by atoms with Crippen LogP contribution in [0.5, 0.6) is 5.75 Å². The van der Waals surface area contributed by atoms with Crippen LogP contribution in [-0.2, 0) is 4.79 Å². The predicted octanol–water partition coefficient (Wildman–Crippen LogP) is 1.54. The number of aromatic hydroxyl groups is 1. The summed E-state index contributed by atoms with van der Waals surface area (Å²) in [6.45, 7) is 4.72. The molecule has 0 bridgehead atoms. The number of rotatable bonds is 4. The molecule has 0 saturated carbocycles. The van der Waals surface area contributed by atoms with Crippen LogP contribution in [0.15, 0.2) is 18.2 Å². The molecular formula is C13H17NO4. The van der Waals surface area contributed by atoms with E-state index in [-0.39, 0.29) is 17.9 Å². The number of carboxylic acids is 1. The van der Waals surface area contributed by atoms with Crippen LogP contribution < -0.4 is 5.32 Å². The zero-order chi connectivity index (χ0) is 13.9. The molecule has 1 rings (SSSR count). The molecule has 98 valence electrons. The highest BCUT2D eigenvalue weighted by Gasteiger charge is 2.28. The quantitative estimate of drug-likeness (QED) is 0.757. The molecule has 1 aromatic carbocycles. The average Bonchev–Trinajstić information content (AvgIpc) is 2.29. The number of carboxylic acid groups (broad SMARTS) is 1. The van der Waals surface area contributed by atoms with E-state index in [2.05, 4.69) is 5.32 Å². The summed E-state index contributed by atoms with van der Waals surface area (Å²) >= 11 is 0. The summed E-state index contributed by atoms with van der Waals surface area (Å²) in [4.78, 5) is 22.7. The molecule has 0 aliphatic heterocycles. The van der Waals surface area contributed by atoms with Crippen molar-refractivity contribution in [1.29, 1.82) is 0 Å². The standard InChI is InChI=1S/C13H17NO4/c1-8-5-4-6-9(10(8)15)11(16)14-7-13(2,3)12(17)18/h4-6,15H,7H2,1-3H3,(H,14,16)(H,17,18). The zero-order valence-electron chi connectivity index (χ0n) is 10.7. The van der Waals surface area contributed by atoms with E-state index in [4.69, 9.17) is 5.11 Å². The van der Waals surface area contributed by atoms with Gasteiger partial charge in [0.05, 0.1) is 11.0 Å². The number of carbonyl (C=O) groups is 2. The summed E-state index contributed by atoms with van der Waals surface area (Å²) in [6, 6.07) is 4.84. The number of phenols is 1. The molecule has 5 nitrogen and oxygen atoms in total. The van der Waals surface area contributed by atoms with Gasteiger partial charge in [-0.2, -0.15) is 0 Å². The third kappa shape index (κ3) is 3.00. The van der Waals surface area contributed by atoms with Gasteiger partial charge in [-0.25, -0.2) is 0 Å². The van der Waals surface area contributed by atoms with Crippen LogP contribution in [0, 0.1) is 12.3 Å². The van der Waals surface area contributed by atoms with Crippen molar-refractivity contribution < 1.29 is 19.8 Å². The van der Waals surface area contributed by atoms with E-state index in [1.807, 2.05) is 0 Å². The first-order valence-corrected chi connectivity index (χ1v) is 5.56. The number of para-hydroxylation sites is 1. The highest BCUT2D eigenvalue weighted by atomic mass is 16.4. The molecule has 0 aromatic heterocycles. The molecule has 1 amide bonds. The Kier molecular flexibility index (Phi) is 3.96. The third-order valence-electron chi connectivity index (χ3n) is 2.75. The van der Waals surface area contributed by atoms with Gasteiger partial charge in [-0.15, -0.1) is 0 Å². The molecule has 0 fully saturated rings. The van der Waals surface area contributed by atoms with Crippen molar-refractivity contribution in [3.63, 3.8) is 0 Å². The van der Waals surface area contributed by atoms with Gasteiger partial charge in [0.15, 0.2) is 0 Å². The molecule has 0 aliphatic rings. The Balaban J connectivity index is 2.78. The molecule has 0 aliphatic carbocycles. The number of nitrogens with one attached hydrogen (secondary N) is 1. The molecule has 3 N–H and O–H groups in total. The van der Waals surface area contributed by atoms with E-state index in [1.54, 1.807) is 19.1 Å². The maximum absolute atomic E-state index is 11.8. The van der Waals surface area contributed by atoms with Crippen molar-refractivity contribution >= 4 is 11.9 Å². The Bertz CT molecular complexity index is 480. The summed E-state index contributed by atoms with van der Waals surface area (Å²) in [5, 5.41) is 21.2. The van der Waals surface area contributed by atoms with Gasteiger partial charge >= 0.3 is 5.97 Å². The molecule has 0 heterocycles. The van der Waals surface area contributed by atoms with Crippen LogP contribution in [0.1, 0.15) is 29.8 Å². The van der Waals surface area contributed by atoms with E-state index in [0.29, 0.717) is 5.56 Å². The fourth-order valence-corrected chi connectivity index (χ4v) is 1.31. The first-order chi connectivity index (χ1) is 8.25. The van der Waals surface area contributed by atoms with Gasteiger partial charge in [0.1, 0.15) is 5.75 Å². The lowest BCUT2D eigenvalue weighted by Gasteiger charge is -2.19. The van der Waals surface area contributed by atoms with Gasteiger partial charge in [0.2, 0.25) is 0 Å². The van der Waals surface area contributed by atoms with Crippen molar-refractivity contribution in [3.8, 4) is 5.75 Å². The maximum Gasteiger partial charge on any atom is 0.310 e. The van der Waals surface area contributed by atoms with Crippen LogP contribution in [-0.4, -0.2) is 28.6 Å². The molecule has 0 saturated heterocycles. The summed E-state index contributed by atoms with van der Waals surface area (Å²) in [6.07, 6.45) is 0. The Hall–Kier alpha value is -2.04. The van der Waals surface area contributed by atoms with Gasteiger partial charge in [-0.05, 0) is 32.4 Å². The van der Waals surface area contributed by atoms with E-state index >= 15 is 0 Å². The van der Waals surface area contributed by atoms with Crippen molar-refractivity contribution in [2.45, 2.75) is 20.8 Å². The number of carbonyl (C=O) groups excluding carboxylic acids is 1. The van der Waals surface area contributed by atoms with Crippen LogP contribution in [0.25, 0.3) is 0 Å². The normalized spacial score (nSPS) is 11.1. The van der Waals surface area contributed by atoms with E-state index in [1.165, 1.54) is 19.9 Å². The SMILES string of the molecule is Cc1cccc(C(=O)NCC(C)(C)C(=O)O)c1O. The van der Waals surface area contributed by atoms with Crippen LogP contribution in [0.2, 0.25) is 0 Å². The van der Waals surface area contributed by atoms with Crippen molar-refractivity contribution in [1.82, 2.24) is 5.32 Å². The number of hydrogen-bond donors (Lipinski definition) is 3. The van der Waals surface area contributed by atoms with Crippen molar-refractivity contribution in [3.05, 3.63) is 29.3 Å².